The molecule has 13 heteroatoms. The monoisotopic (exact) mass is 682 g/mol. The van der Waals surface area contributed by atoms with Gasteiger partial charge in [-0.05, 0) is 30.5 Å². The number of carbonyl (C=O) groups excluding carboxylic acids is 2. The van der Waals surface area contributed by atoms with Crippen molar-refractivity contribution in [2.75, 3.05) is 43.1 Å². The number of rotatable bonds is 12. The Bertz CT molecular complexity index is 1860. The van der Waals surface area contributed by atoms with Crippen LogP contribution in [0, 0.1) is 5.92 Å². The molecule has 3 heterocycles. The SMILES string of the molecule is COc1cccc(C(OCC2CC(O)C(C(C)=O)N2N2CNc3c2nc(NC(=O)C(C)C)[nH]c3=O)(c2ccccc2)c2ccccc2)c1OC. The van der Waals surface area contributed by atoms with E-state index in [2.05, 4.69) is 20.6 Å². The summed E-state index contributed by atoms with van der Waals surface area (Å²) in [6.07, 6.45) is -0.855. The molecule has 1 aromatic heterocycles. The first-order chi connectivity index (χ1) is 24.1. The first-order valence-electron chi connectivity index (χ1n) is 16.5. The van der Waals surface area contributed by atoms with E-state index < -0.39 is 29.3 Å². The number of anilines is 3. The molecule has 2 aliphatic rings. The topological polar surface area (TPSA) is 158 Å². The minimum atomic E-state index is -1.24. The second-order valence-electron chi connectivity index (χ2n) is 12.6. The summed E-state index contributed by atoms with van der Waals surface area (Å²) in [6.45, 7) is 5.00. The van der Waals surface area contributed by atoms with Gasteiger partial charge in [0.15, 0.2) is 23.1 Å². The Morgan fingerprint density at radius 1 is 1.00 bits per heavy atom. The zero-order valence-corrected chi connectivity index (χ0v) is 28.7. The van der Waals surface area contributed by atoms with Crippen molar-refractivity contribution in [3.63, 3.8) is 0 Å². The highest BCUT2D eigenvalue weighted by atomic mass is 16.5. The quantitative estimate of drug-likeness (QED) is 0.161. The van der Waals surface area contributed by atoms with Gasteiger partial charge in [-0.25, -0.2) is 0 Å². The summed E-state index contributed by atoms with van der Waals surface area (Å²) < 4.78 is 18.9. The third-order valence-electron chi connectivity index (χ3n) is 9.18. The van der Waals surface area contributed by atoms with Crippen LogP contribution in [0.15, 0.2) is 83.7 Å². The Labute approximate surface area is 290 Å². The summed E-state index contributed by atoms with van der Waals surface area (Å²) in [5.74, 6) is 0.272. The largest absolute Gasteiger partial charge is 0.493 e. The van der Waals surface area contributed by atoms with Crippen LogP contribution in [-0.4, -0.2) is 77.5 Å². The number of hydrogen-bond donors (Lipinski definition) is 4. The zero-order chi connectivity index (χ0) is 35.6. The van der Waals surface area contributed by atoms with E-state index in [4.69, 9.17) is 14.2 Å². The van der Waals surface area contributed by atoms with Gasteiger partial charge in [0.05, 0.1) is 33.0 Å². The lowest BCUT2D eigenvalue weighted by molar-refractivity contribution is -0.125. The predicted octanol–water partition coefficient (Wildman–Crippen LogP) is 3.89. The zero-order valence-electron chi connectivity index (χ0n) is 28.7. The van der Waals surface area contributed by atoms with Crippen LogP contribution < -0.4 is 30.7 Å². The van der Waals surface area contributed by atoms with Crippen molar-refractivity contribution < 1.29 is 28.9 Å². The number of nitrogens with zero attached hydrogens (tertiary/aromatic N) is 3. The fraction of sp³-hybridized carbons (Fsp3) is 0.351. The molecule has 2 aliphatic heterocycles. The first kappa shape index (κ1) is 34.6. The summed E-state index contributed by atoms with van der Waals surface area (Å²) in [6, 6.07) is 23.6. The fourth-order valence-electron chi connectivity index (χ4n) is 6.87. The van der Waals surface area contributed by atoms with Crippen LogP contribution in [0.5, 0.6) is 11.5 Å². The number of aliphatic hydroxyl groups excluding tert-OH is 1. The molecule has 0 bridgehead atoms. The Kier molecular flexibility index (Phi) is 9.91. The molecule has 1 fully saturated rings. The predicted molar refractivity (Wildman–Crippen MR) is 188 cm³/mol. The number of benzene rings is 3. The maximum Gasteiger partial charge on any atom is 0.278 e. The molecule has 3 atom stereocenters. The van der Waals surface area contributed by atoms with Crippen molar-refractivity contribution in [3.8, 4) is 11.5 Å². The van der Waals surface area contributed by atoms with Crippen LogP contribution >= 0.6 is 0 Å². The Balaban J connectivity index is 1.46. The van der Waals surface area contributed by atoms with E-state index in [1.54, 1.807) is 38.1 Å². The van der Waals surface area contributed by atoms with E-state index in [0.29, 0.717) is 17.1 Å². The number of carbonyl (C=O) groups is 2. The summed E-state index contributed by atoms with van der Waals surface area (Å²) >= 11 is 0. The van der Waals surface area contributed by atoms with Gasteiger partial charge in [-0.15, -0.1) is 0 Å². The molecule has 6 rings (SSSR count). The van der Waals surface area contributed by atoms with Gasteiger partial charge in [0.2, 0.25) is 11.9 Å². The van der Waals surface area contributed by atoms with Crippen LogP contribution in [-0.2, 0) is 19.9 Å². The highest BCUT2D eigenvalue weighted by Gasteiger charge is 2.50. The average molecular weight is 683 g/mol. The number of aromatic amines is 1. The Morgan fingerprint density at radius 3 is 2.24 bits per heavy atom. The van der Waals surface area contributed by atoms with Crippen molar-refractivity contribution in [2.24, 2.45) is 5.92 Å². The normalized spacial score (nSPS) is 18.9. The lowest BCUT2D eigenvalue weighted by Crippen LogP contribution is -2.55. The van der Waals surface area contributed by atoms with Crippen LogP contribution in [0.2, 0.25) is 0 Å². The average Bonchev–Trinajstić information content (AvgIpc) is 3.69. The number of para-hydroxylation sites is 1. The maximum atomic E-state index is 13.2. The van der Waals surface area contributed by atoms with Gasteiger partial charge >= 0.3 is 0 Å². The molecule has 0 aliphatic carbocycles. The van der Waals surface area contributed by atoms with Gasteiger partial charge in [-0.2, -0.15) is 9.99 Å². The molecule has 4 aromatic rings. The standard InChI is InChI=1S/C37H42N6O7/c1-22(2)34(46)40-36-39-33-30(35(47)41-36)38-21-42(33)43-26(19-28(45)31(43)23(3)44)20-50-37(24-13-8-6-9-14-24,25-15-10-7-11-16-25)27-17-12-18-29(48-4)32(27)49-5/h6-18,22,26,28,31,38,45H,19-21H2,1-5H3,(H2,39,40,41,46,47). The van der Waals surface area contributed by atoms with Crippen LogP contribution in [0.1, 0.15) is 43.9 Å². The van der Waals surface area contributed by atoms with Crippen LogP contribution in [0.25, 0.3) is 0 Å². The number of amides is 1. The summed E-state index contributed by atoms with van der Waals surface area (Å²) in [5.41, 5.74) is 0.784. The molecule has 4 N–H and O–H groups in total. The second kappa shape index (κ2) is 14.3. The number of hydrogen-bond acceptors (Lipinski definition) is 11. The minimum Gasteiger partial charge on any atom is -0.493 e. The number of nitrogens with one attached hydrogen (secondary N) is 3. The van der Waals surface area contributed by atoms with Crippen molar-refractivity contribution in [2.45, 2.75) is 51.0 Å². The number of aromatic nitrogens is 2. The Morgan fingerprint density at radius 2 is 1.66 bits per heavy atom. The fourth-order valence-corrected chi connectivity index (χ4v) is 6.87. The number of Topliss-reactive ketones (excluding diaryl/α,β-unsaturated/α-hetero) is 1. The van der Waals surface area contributed by atoms with Crippen molar-refractivity contribution in [1.82, 2.24) is 15.0 Å². The van der Waals surface area contributed by atoms with E-state index in [9.17, 15) is 19.5 Å². The summed E-state index contributed by atoms with van der Waals surface area (Å²) in [4.78, 5) is 46.0. The Hall–Kier alpha value is -5.24. The van der Waals surface area contributed by atoms with E-state index in [1.807, 2.05) is 78.9 Å². The third kappa shape index (κ3) is 6.19. The van der Waals surface area contributed by atoms with Crippen LogP contribution in [0.3, 0.4) is 0 Å². The van der Waals surface area contributed by atoms with Crippen LogP contribution in [0.4, 0.5) is 17.5 Å². The van der Waals surface area contributed by atoms with E-state index >= 15 is 0 Å². The number of ether oxygens (including phenoxy) is 3. The van der Waals surface area contributed by atoms with E-state index in [1.165, 1.54) is 6.92 Å². The number of methoxy groups -OCH3 is 2. The van der Waals surface area contributed by atoms with E-state index in [0.717, 1.165) is 11.1 Å². The van der Waals surface area contributed by atoms with Gasteiger partial charge in [-0.3, -0.25) is 29.7 Å². The molecule has 0 spiro atoms. The lowest BCUT2D eigenvalue weighted by Gasteiger charge is -2.41. The number of aliphatic hydroxyl groups is 1. The van der Waals surface area contributed by atoms with Gasteiger partial charge < -0.3 is 24.6 Å². The molecule has 13 nitrogen and oxygen atoms in total. The molecule has 1 saturated heterocycles. The van der Waals surface area contributed by atoms with Gasteiger partial charge in [0, 0.05) is 11.5 Å². The van der Waals surface area contributed by atoms with Gasteiger partial charge in [0.25, 0.3) is 5.56 Å². The number of hydrazine groups is 1. The maximum absolute atomic E-state index is 13.2. The minimum absolute atomic E-state index is 0.0228. The molecule has 0 saturated carbocycles. The smallest absolute Gasteiger partial charge is 0.278 e. The van der Waals surface area contributed by atoms with Crippen molar-refractivity contribution in [3.05, 3.63) is 106 Å². The highest BCUT2D eigenvalue weighted by Crippen LogP contribution is 2.48. The summed E-state index contributed by atoms with van der Waals surface area (Å²) in [7, 11) is 3.16. The molecular formula is C37H42N6O7. The molecule has 3 unspecified atom stereocenters. The van der Waals surface area contributed by atoms with Crippen molar-refractivity contribution in [1.29, 1.82) is 0 Å². The number of fused-ring (bicyclic) bond motifs is 1. The van der Waals surface area contributed by atoms with Gasteiger partial charge in [0.1, 0.15) is 24.0 Å². The number of ketones is 1. The molecular weight excluding hydrogens is 640 g/mol. The third-order valence-corrected chi connectivity index (χ3v) is 9.18. The van der Waals surface area contributed by atoms with Gasteiger partial charge in [-0.1, -0.05) is 86.6 Å². The highest BCUT2D eigenvalue weighted by molar-refractivity contribution is 5.91. The molecule has 262 valence electrons. The van der Waals surface area contributed by atoms with Crippen molar-refractivity contribution >= 4 is 29.1 Å². The molecule has 0 radical (unpaired) electrons. The molecule has 50 heavy (non-hydrogen) atoms. The molecule has 3 aromatic carbocycles. The first-order valence-corrected chi connectivity index (χ1v) is 16.5. The van der Waals surface area contributed by atoms with E-state index in [-0.39, 0.29) is 54.8 Å². The second-order valence-corrected chi connectivity index (χ2v) is 12.6. The number of H-pyrrole nitrogens is 1. The molecule has 1 amide bonds. The lowest BCUT2D eigenvalue weighted by atomic mass is 9.79. The summed E-state index contributed by atoms with van der Waals surface area (Å²) in [5, 5.41) is 20.5.